The Morgan fingerprint density at radius 2 is 1.84 bits per heavy atom. The van der Waals surface area contributed by atoms with Gasteiger partial charge in [-0.2, -0.15) is 5.10 Å². The molecule has 3 aromatic heterocycles. The van der Waals surface area contributed by atoms with Gasteiger partial charge in [0.25, 0.3) is 0 Å². The Morgan fingerprint density at radius 3 is 2.57 bits per heavy atom. The van der Waals surface area contributed by atoms with Crippen LogP contribution in [0.3, 0.4) is 0 Å². The summed E-state index contributed by atoms with van der Waals surface area (Å²) in [4.78, 5) is 49.0. The second-order valence-electron chi connectivity index (χ2n) is 9.38. The molecule has 0 unspecified atom stereocenters. The van der Waals surface area contributed by atoms with Crippen molar-refractivity contribution in [3.63, 3.8) is 0 Å². The Balaban J connectivity index is 1.39. The van der Waals surface area contributed by atoms with Crippen molar-refractivity contribution in [2.75, 3.05) is 11.9 Å². The number of likely N-dealkylation sites (tertiary alicyclic amines) is 1. The normalized spacial score (nSPS) is 15.2. The van der Waals surface area contributed by atoms with Crippen LogP contribution in [-0.2, 0) is 16.1 Å². The first-order valence-electron chi connectivity index (χ1n) is 12.3. The van der Waals surface area contributed by atoms with Crippen molar-refractivity contribution in [1.29, 1.82) is 0 Å². The molecule has 0 spiro atoms. The molecule has 1 N–H and O–H groups in total. The number of nitrogens with one attached hydrogen (secondary N) is 1. The number of nitrogens with zero attached hydrogens (tertiary/aromatic N) is 5. The summed E-state index contributed by atoms with van der Waals surface area (Å²) < 4.78 is 1.56. The molecule has 9 nitrogen and oxygen atoms in total. The molecular formula is C28H28N6O3. The van der Waals surface area contributed by atoms with Gasteiger partial charge in [-0.15, -0.1) is 0 Å². The van der Waals surface area contributed by atoms with E-state index in [1.807, 2.05) is 56.3 Å². The molecule has 1 saturated heterocycles. The number of hydrogen-bond donors (Lipinski definition) is 1. The van der Waals surface area contributed by atoms with Crippen molar-refractivity contribution in [1.82, 2.24) is 24.6 Å². The number of Topliss-reactive ketones (excluding diaryl/α,β-unsaturated/α-hetero) is 1. The molecule has 2 amide bonds. The monoisotopic (exact) mass is 496 g/mol. The number of benzene rings is 1. The second-order valence-corrected chi connectivity index (χ2v) is 9.38. The maximum Gasteiger partial charge on any atom is 0.248 e. The third-order valence-electron chi connectivity index (χ3n) is 6.63. The highest BCUT2D eigenvalue weighted by atomic mass is 16.2. The molecule has 9 heteroatoms. The first-order valence-corrected chi connectivity index (χ1v) is 12.3. The zero-order valence-corrected chi connectivity index (χ0v) is 21.1. The Bertz CT molecular complexity index is 1510. The third-order valence-corrected chi connectivity index (χ3v) is 6.63. The smallest absolute Gasteiger partial charge is 0.248 e. The fourth-order valence-electron chi connectivity index (χ4n) is 4.76. The van der Waals surface area contributed by atoms with E-state index in [1.165, 1.54) is 6.92 Å². The van der Waals surface area contributed by atoms with Gasteiger partial charge in [-0.1, -0.05) is 18.2 Å². The van der Waals surface area contributed by atoms with Gasteiger partial charge < -0.3 is 10.2 Å². The number of pyridine rings is 2. The van der Waals surface area contributed by atoms with Crippen molar-refractivity contribution in [3.05, 3.63) is 71.8 Å². The molecule has 5 rings (SSSR count). The van der Waals surface area contributed by atoms with E-state index >= 15 is 0 Å². The van der Waals surface area contributed by atoms with Crippen LogP contribution in [0.1, 0.15) is 41.6 Å². The van der Waals surface area contributed by atoms with Crippen LogP contribution in [0.15, 0.2) is 54.7 Å². The molecule has 0 aliphatic carbocycles. The summed E-state index contributed by atoms with van der Waals surface area (Å²) in [7, 11) is 0. The number of rotatable bonds is 6. The van der Waals surface area contributed by atoms with E-state index in [-0.39, 0.29) is 24.1 Å². The molecule has 1 atom stereocenters. The SMILES string of the molecule is CC(=O)c1nn(CC(=O)N2CCC[C@H]2C(=O)Nc2cccc(C)n2)c2ccc(-c3ccc(C)nc3)cc12. The Labute approximate surface area is 214 Å². The van der Waals surface area contributed by atoms with Crippen LogP contribution in [0, 0.1) is 13.8 Å². The molecule has 1 aliphatic rings. The van der Waals surface area contributed by atoms with Crippen LogP contribution in [0.25, 0.3) is 22.0 Å². The second kappa shape index (κ2) is 9.93. The molecule has 4 aromatic rings. The summed E-state index contributed by atoms with van der Waals surface area (Å²) >= 11 is 0. The van der Waals surface area contributed by atoms with Crippen molar-refractivity contribution >= 4 is 34.3 Å². The quantitative estimate of drug-likeness (QED) is 0.405. The maximum absolute atomic E-state index is 13.4. The number of aromatic nitrogens is 4. The lowest BCUT2D eigenvalue weighted by molar-refractivity contribution is -0.137. The summed E-state index contributed by atoms with van der Waals surface area (Å²) in [5.74, 6) is -0.191. The van der Waals surface area contributed by atoms with E-state index in [4.69, 9.17) is 0 Å². The summed E-state index contributed by atoms with van der Waals surface area (Å²) in [5.41, 5.74) is 4.56. The van der Waals surface area contributed by atoms with Gasteiger partial charge in [0, 0.05) is 42.0 Å². The molecule has 1 fully saturated rings. The first-order chi connectivity index (χ1) is 17.8. The van der Waals surface area contributed by atoms with Crippen molar-refractivity contribution in [2.24, 2.45) is 0 Å². The van der Waals surface area contributed by atoms with Gasteiger partial charge in [0.05, 0.1) is 5.52 Å². The molecule has 4 heterocycles. The number of amides is 2. The summed E-state index contributed by atoms with van der Waals surface area (Å²) in [6.45, 7) is 5.67. The fraction of sp³-hybridized carbons (Fsp3) is 0.286. The summed E-state index contributed by atoms with van der Waals surface area (Å²) in [6, 6.07) is 14.5. The number of fused-ring (bicyclic) bond motifs is 1. The van der Waals surface area contributed by atoms with E-state index in [0.717, 1.165) is 28.9 Å². The van der Waals surface area contributed by atoms with Crippen molar-refractivity contribution < 1.29 is 14.4 Å². The van der Waals surface area contributed by atoms with Crippen LogP contribution in [-0.4, -0.2) is 54.8 Å². The molecule has 188 valence electrons. The average molecular weight is 497 g/mol. The number of carbonyl (C=O) groups excluding carboxylic acids is 3. The highest BCUT2D eigenvalue weighted by molar-refractivity contribution is 6.06. The largest absolute Gasteiger partial charge is 0.329 e. The van der Waals surface area contributed by atoms with E-state index in [1.54, 1.807) is 21.8 Å². The van der Waals surface area contributed by atoms with Gasteiger partial charge >= 0.3 is 0 Å². The molecule has 0 saturated carbocycles. The molecule has 1 aromatic carbocycles. The molecule has 37 heavy (non-hydrogen) atoms. The van der Waals surface area contributed by atoms with Crippen LogP contribution in [0.5, 0.6) is 0 Å². The average Bonchev–Trinajstić information content (AvgIpc) is 3.50. The Morgan fingerprint density at radius 1 is 1.03 bits per heavy atom. The lowest BCUT2D eigenvalue weighted by Gasteiger charge is -2.24. The minimum Gasteiger partial charge on any atom is -0.329 e. The van der Waals surface area contributed by atoms with E-state index in [0.29, 0.717) is 35.4 Å². The van der Waals surface area contributed by atoms with Gasteiger partial charge in [0.2, 0.25) is 11.8 Å². The van der Waals surface area contributed by atoms with Gasteiger partial charge in [0.15, 0.2) is 5.78 Å². The van der Waals surface area contributed by atoms with Gasteiger partial charge in [-0.3, -0.25) is 24.0 Å². The zero-order chi connectivity index (χ0) is 26.1. The molecule has 0 bridgehead atoms. The molecular weight excluding hydrogens is 468 g/mol. The van der Waals surface area contributed by atoms with Crippen LogP contribution >= 0.6 is 0 Å². The van der Waals surface area contributed by atoms with E-state index in [2.05, 4.69) is 20.4 Å². The maximum atomic E-state index is 13.4. The highest BCUT2D eigenvalue weighted by Gasteiger charge is 2.34. The number of hydrogen-bond acceptors (Lipinski definition) is 6. The standard InChI is InChI=1S/C28H28N6O3/c1-17-9-10-21(15-29-17)20-11-12-23-22(14-20)27(19(3)35)32-34(23)16-26(36)33-13-5-7-24(33)28(37)31-25-8-4-6-18(2)30-25/h4,6,8-12,14-15,24H,5,7,13,16H2,1-3H3,(H,30,31,37)/t24-/m0/s1. The first kappa shape index (κ1) is 24.3. The molecule has 0 radical (unpaired) electrons. The van der Waals surface area contributed by atoms with Crippen LogP contribution in [0.2, 0.25) is 0 Å². The number of carbonyl (C=O) groups is 3. The lowest BCUT2D eigenvalue weighted by atomic mass is 10.0. The van der Waals surface area contributed by atoms with E-state index in [9.17, 15) is 14.4 Å². The van der Waals surface area contributed by atoms with Gasteiger partial charge in [0.1, 0.15) is 24.1 Å². The topological polar surface area (TPSA) is 110 Å². The van der Waals surface area contributed by atoms with Crippen LogP contribution < -0.4 is 5.32 Å². The predicted octanol–water partition coefficient (Wildman–Crippen LogP) is 3.94. The van der Waals surface area contributed by atoms with Crippen molar-refractivity contribution in [2.45, 2.75) is 46.2 Å². The minimum absolute atomic E-state index is 0.0678. The summed E-state index contributed by atoms with van der Waals surface area (Å²) in [6.07, 6.45) is 3.11. The zero-order valence-electron chi connectivity index (χ0n) is 21.1. The molecule has 1 aliphatic heterocycles. The van der Waals surface area contributed by atoms with Crippen molar-refractivity contribution in [3.8, 4) is 11.1 Å². The fourth-order valence-corrected chi connectivity index (χ4v) is 4.76. The highest BCUT2D eigenvalue weighted by Crippen LogP contribution is 2.27. The Kier molecular flexibility index (Phi) is 6.52. The minimum atomic E-state index is -0.579. The predicted molar refractivity (Wildman–Crippen MR) is 140 cm³/mol. The Hall–Kier alpha value is -4.40. The lowest BCUT2D eigenvalue weighted by Crippen LogP contribution is -2.44. The van der Waals surface area contributed by atoms with Crippen LogP contribution in [0.4, 0.5) is 5.82 Å². The third kappa shape index (κ3) is 4.97. The van der Waals surface area contributed by atoms with Gasteiger partial charge in [-0.05, 0) is 62.6 Å². The number of ketones is 1. The van der Waals surface area contributed by atoms with Gasteiger partial charge in [-0.25, -0.2) is 4.98 Å². The summed E-state index contributed by atoms with van der Waals surface area (Å²) in [5, 5.41) is 8.00. The van der Waals surface area contributed by atoms with E-state index < -0.39 is 6.04 Å². The number of aryl methyl sites for hydroxylation is 2. The number of anilines is 1.